The monoisotopic (exact) mass is 356 g/mol. The number of aliphatic carboxylic acids is 1. The Morgan fingerprint density at radius 1 is 0.750 bits per heavy atom. The Balaban J connectivity index is 3.06. The molecule has 0 rings (SSSR count). The molecule has 2 nitrogen and oxygen atoms in total. The van der Waals surface area contributed by atoms with Crippen LogP contribution in [0.3, 0.4) is 0 Å². The van der Waals surface area contributed by atoms with Gasteiger partial charge in [0.05, 0.1) is 6.42 Å². The molecule has 0 spiro atoms. The zero-order chi connectivity index (χ0) is 17.7. The van der Waals surface area contributed by atoms with Crippen LogP contribution < -0.4 is 0 Å². The maximum Gasteiger partial charge on any atom is 0.304 e. The van der Waals surface area contributed by atoms with Gasteiger partial charge in [-0.05, 0) is 37.9 Å². The molecule has 1 N–H and O–H groups in total. The Hall–Kier alpha value is -0.440. The summed E-state index contributed by atoms with van der Waals surface area (Å²) in [7, 11) is 0. The number of thioether (sulfide) groups is 1. The van der Waals surface area contributed by atoms with E-state index in [0.29, 0.717) is 6.42 Å². The number of allylic oxidation sites excluding steroid dienone is 2. The second-order valence-electron chi connectivity index (χ2n) is 6.69. The zero-order valence-corrected chi connectivity index (χ0v) is 16.8. The highest BCUT2D eigenvalue weighted by atomic mass is 32.2. The van der Waals surface area contributed by atoms with E-state index in [4.69, 9.17) is 5.11 Å². The molecule has 3 heteroatoms. The van der Waals surface area contributed by atoms with Crippen molar-refractivity contribution in [1.82, 2.24) is 0 Å². The van der Waals surface area contributed by atoms with E-state index in [1.807, 2.05) is 0 Å². The summed E-state index contributed by atoms with van der Waals surface area (Å²) in [6.07, 6.45) is 23.8. The van der Waals surface area contributed by atoms with E-state index >= 15 is 0 Å². The molecular formula is C21H40O2S. The van der Waals surface area contributed by atoms with E-state index in [1.54, 1.807) is 11.8 Å². The van der Waals surface area contributed by atoms with E-state index in [0.717, 1.165) is 11.5 Å². The predicted octanol–water partition coefficient (Wildman–Crippen LogP) is 7.23. The van der Waals surface area contributed by atoms with Gasteiger partial charge in [-0.25, -0.2) is 0 Å². The molecule has 0 atom stereocenters. The van der Waals surface area contributed by atoms with Crippen LogP contribution in [0.15, 0.2) is 12.2 Å². The molecule has 0 aromatic rings. The second-order valence-corrected chi connectivity index (χ2v) is 7.92. The van der Waals surface area contributed by atoms with Gasteiger partial charge >= 0.3 is 5.97 Å². The number of carboxylic acid groups (broad SMARTS) is 1. The summed E-state index contributed by atoms with van der Waals surface area (Å²) in [5.74, 6) is 1.21. The van der Waals surface area contributed by atoms with E-state index in [9.17, 15) is 4.79 Å². The van der Waals surface area contributed by atoms with Gasteiger partial charge in [-0.3, -0.25) is 4.79 Å². The predicted molar refractivity (Wildman–Crippen MR) is 109 cm³/mol. The van der Waals surface area contributed by atoms with E-state index in [1.165, 1.54) is 89.9 Å². The summed E-state index contributed by atoms with van der Waals surface area (Å²) in [6, 6.07) is 0. The SMILES string of the molecule is CCCCCCCCC=CCCCCCCCCSCCC(=O)O. The lowest BCUT2D eigenvalue weighted by Gasteiger charge is -2.01. The summed E-state index contributed by atoms with van der Waals surface area (Å²) < 4.78 is 0. The van der Waals surface area contributed by atoms with Crippen molar-refractivity contribution in [3.63, 3.8) is 0 Å². The number of carbonyl (C=O) groups is 1. The summed E-state index contributed by atoms with van der Waals surface area (Å²) in [5.41, 5.74) is 0. The number of hydrogen-bond acceptors (Lipinski definition) is 2. The molecule has 0 aliphatic carbocycles. The fourth-order valence-electron chi connectivity index (χ4n) is 2.71. The van der Waals surface area contributed by atoms with Crippen LogP contribution in [0.25, 0.3) is 0 Å². The Bertz CT molecular complexity index is 290. The first-order chi connectivity index (χ1) is 11.8. The normalized spacial score (nSPS) is 11.4. The van der Waals surface area contributed by atoms with Gasteiger partial charge in [-0.15, -0.1) is 0 Å². The Morgan fingerprint density at radius 2 is 1.25 bits per heavy atom. The summed E-state index contributed by atoms with van der Waals surface area (Å²) >= 11 is 1.78. The van der Waals surface area contributed by atoms with Gasteiger partial charge in [0.15, 0.2) is 0 Å². The van der Waals surface area contributed by atoms with Gasteiger partial charge in [0.2, 0.25) is 0 Å². The van der Waals surface area contributed by atoms with Crippen LogP contribution in [0.2, 0.25) is 0 Å². The van der Waals surface area contributed by atoms with Crippen molar-refractivity contribution < 1.29 is 9.90 Å². The minimum atomic E-state index is -0.677. The second kappa shape index (κ2) is 20.6. The quantitative estimate of drug-likeness (QED) is 0.196. The van der Waals surface area contributed by atoms with Gasteiger partial charge in [0.25, 0.3) is 0 Å². The van der Waals surface area contributed by atoms with Crippen molar-refractivity contribution in [2.75, 3.05) is 11.5 Å². The van der Waals surface area contributed by atoms with Crippen LogP contribution in [0.5, 0.6) is 0 Å². The molecular weight excluding hydrogens is 316 g/mol. The summed E-state index contributed by atoms with van der Waals surface area (Å²) in [6.45, 7) is 2.27. The Morgan fingerprint density at radius 3 is 1.79 bits per heavy atom. The van der Waals surface area contributed by atoms with E-state index in [-0.39, 0.29) is 0 Å². The molecule has 0 aliphatic rings. The molecule has 0 fully saturated rings. The van der Waals surface area contributed by atoms with Crippen molar-refractivity contribution >= 4 is 17.7 Å². The number of carboxylic acids is 1. The van der Waals surface area contributed by atoms with Crippen LogP contribution in [0.4, 0.5) is 0 Å². The molecule has 0 heterocycles. The first-order valence-electron chi connectivity index (χ1n) is 10.2. The molecule has 0 saturated heterocycles. The fourth-order valence-corrected chi connectivity index (χ4v) is 3.64. The summed E-state index contributed by atoms with van der Waals surface area (Å²) in [5, 5.41) is 8.54. The van der Waals surface area contributed by atoms with Crippen molar-refractivity contribution in [2.45, 2.75) is 103 Å². The number of rotatable bonds is 19. The van der Waals surface area contributed by atoms with Gasteiger partial charge in [0.1, 0.15) is 0 Å². The van der Waals surface area contributed by atoms with Crippen LogP contribution in [-0.4, -0.2) is 22.6 Å². The average Bonchev–Trinajstić information content (AvgIpc) is 2.56. The van der Waals surface area contributed by atoms with Crippen molar-refractivity contribution in [3.8, 4) is 0 Å². The maximum atomic E-state index is 10.4. The van der Waals surface area contributed by atoms with E-state index in [2.05, 4.69) is 19.1 Å². The molecule has 0 aromatic heterocycles. The molecule has 0 amide bonds. The molecule has 0 unspecified atom stereocenters. The first-order valence-corrected chi connectivity index (χ1v) is 11.4. The first kappa shape index (κ1) is 23.6. The standard InChI is InChI=1S/C21H40O2S/c1-2-3-4-5-6-7-8-9-10-11-12-13-14-15-16-17-19-24-20-18-21(22)23/h9-10H,2-8,11-20H2,1H3,(H,22,23). The van der Waals surface area contributed by atoms with Crippen molar-refractivity contribution in [1.29, 1.82) is 0 Å². The van der Waals surface area contributed by atoms with Crippen molar-refractivity contribution in [3.05, 3.63) is 12.2 Å². The average molecular weight is 357 g/mol. The van der Waals surface area contributed by atoms with Gasteiger partial charge in [0, 0.05) is 5.75 Å². The third-order valence-electron chi connectivity index (χ3n) is 4.26. The molecule has 0 aliphatic heterocycles. The third kappa shape index (κ3) is 21.6. The maximum absolute atomic E-state index is 10.4. The van der Waals surface area contributed by atoms with Crippen LogP contribution in [-0.2, 0) is 4.79 Å². The zero-order valence-electron chi connectivity index (χ0n) is 15.9. The fraction of sp³-hybridized carbons (Fsp3) is 0.857. The molecule has 0 saturated carbocycles. The van der Waals surface area contributed by atoms with Crippen LogP contribution in [0.1, 0.15) is 103 Å². The van der Waals surface area contributed by atoms with Gasteiger partial charge in [-0.2, -0.15) is 11.8 Å². The minimum Gasteiger partial charge on any atom is -0.481 e. The minimum absolute atomic E-state index is 0.303. The summed E-state index contributed by atoms with van der Waals surface area (Å²) in [4.78, 5) is 10.4. The topological polar surface area (TPSA) is 37.3 Å². The molecule has 0 bridgehead atoms. The molecule has 24 heavy (non-hydrogen) atoms. The highest BCUT2D eigenvalue weighted by molar-refractivity contribution is 7.99. The lowest BCUT2D eigenvalue weighted by molar-refractivity contribution is -0.136. The lowest BCUT2D eigenvalue weighted by atomic mass is 10.1. The highest BCUT2D eigenvalue weighted by Crippen LogP contribution is 2.12. The molecule has 142 valence electrons. The van der Waals surface area contributed by atoms with Gasteiger partial charge < -0.3 is 5.11 Å². The Kier molecular flexibility index (Phi) is 20.2. The smallest absolute Gasteiger partial charge is 0.304 e. The van der Waals surface area contributed by atoms with Crippen LogP contribution >= 0.6 is 11.8 Å². The molecule has 0 radical (unpaired) electrons. The number of hydrogen-bond donors (Lipinski definition) is 1. The molecule has 0 aromatic carbocycles. The van der Waals surface area contributed by atoms with Gasteiger partial charge in [-0.1, -0.05) is 76.9 Å². The largest absolute Gasteiger partial charge is 0.481 e. The van der Waals surface area contributed by atoms with Crippen molar-refractivity contribution in [2.24, 2.45) is 0 Å². The Labute approximate surface area is 154 Å². The highest BCUT2D eigenvalue weighted by Gasteiger charge is 1.96. The van der Waals surface area contributed by atoms with E-state index < -0.39 is 5.97 Å². The lowest BCUT2D eigenvalue weighted by Crippen LogP contribution is -1.96. The van der Waals surface area contributed by atoms with Crippen LogP contribution in [0, 0.1) is 0 Å². The number of unbranched alkanes of at least 4 members (excludes halogenated alkanes) is 12. The third-order valence-corrected chi connectivity index (χ3v) is 5.33.